The predicted octanol–water partition coefficient (Wildman–Crippen LogP) is 2.83. The van der Waals surface area contributed by atoms with Gasteiger partial charge in [-0.25, -0.2) is 0 Å². The number of thiophene rings is 1. The second-order valence-electron chi connectivity index (χ2n) is 3.96. The number of carbonyl (C=O) groups is 1. The molecule has 0 aliphatic heterocycles. The van der Waals surface area contributed by atoms with Crippen molar-refractivity contribution < 1.29 is 4.79 Å². The fraction of sp³-hybridized carbons (Fsp3) is 0.500. The summed E-state index contributed by atoms with van der Waals surface area (Å²) >= 11 is 1.71. The van der Waals surface area contributed by atoms with Gasteiger partial charge in [0.15, 0.2) is 0 Å². The van der Waals surface area contributed by atoms with Crippen LogP contribution in [0.1, 0.15) is 31.7 Å². The molecular formula is C10H12OS. The summed E-state index contributed by atoms with van der Waals surface area (Å²) in [5, 5.41) is 4.23. The number of hydrogen-bond acceptors (Lipinski definition) is 2. The molecule has 2 heteroatoms. The zero-order valence-corrected chi connectivity index (χ0v) is 8.15. The Bertz CT molecular complexity index is 298. The monoisotopic (exact) mass is 180 g/mol. The molecule has 1 unspecified atom stereocenters. The van der Waals surface area contributed by atoms with Gasteiger partial charge in [0, 0.05) is 17.8 Å². The van der Waals surface area contributed by atoms with E-state index in [9.17, 15) is 4.79 Å². The van der Waals surface area contributed by atoms with E-state index < -0.39 is 0 Å². The molecule has 0 bridgehead atoms. The molecule has 1 atom stereocenters. The Morgan fingerprint density at radius 3 is 2.75 bits per heavy atom. The normalized spacial score (nSPS) is 26.8. The Kier molecular flexibility index (Phi) is 1.62. The van der Waals surface area contributed by atoms with Crippen LogP contribution >= 0.6 is 11.3 Å². The lowest BCUT2D eigenvalue weighted by Crippen LogP contribution is -2.43. The highest BCUT2D eigenvalue weighted by Gasteiger charge is 2.47. The highest BCUT2D eigenvalue weighted by atomic mass is 32.1. The molecule has 1 aliphatic carbocycles. The first-order valence-corrected chi connectivity index (χ1v) is 5.12. The molecule has 0 saturated heterocycles. The second-order valence-corrected chi connectivity index (χ2v) is 4.74. The number of Topliss-reactive ketones (excluding diaryl/α,β-unsaturated/α-hetero) is 1. The van der Waals surface area contributed by atoms with E-state index in [1.807, 2.05) is 13.8 Å². The molecule has 1 aromatic rings. The average Bonchev–Trinajstić information content (AvgIpc) is 2.51. The lowest BCUT2D eigenvalue weighted by molar-refractivity contribution is -0.137. The lowest BCUT2D eigenvalue weighted by Gasteiger charge is -2.42. The van der Waals surface area contributed by atoms with Gasteiger partial charge in [-0.1, -0.05) is 13.8 Å². The van der Waals surface area contributed by atoms with Crippen LogP contribution < -0.4 is 0 Å². The molecule has 0 aromatic carbocycles. The maximum absolute atomic E-state index is 11.3. The summed E-state index contributed by atoms with van der Waals surface area (Å²) in [6.45, 7) is 4.09. The van der Waals surface area contributed by atoms with Gasteiger partial charge < -0.3 is 0 Å². The third kappa shape index (κ3) is 0.944. The first kappa shape index (κ1) is 7.99. The van der Waals surface area contributed by atoms with Crippen molar-refractivity contribution in [1.29, 1.82) is 0 Å². The van der Waals surface area contributed by atoms with E-state index in [0.717, 1.165) is 6.42 Å². The van der Waals surface area contributed by atoms with Crippen LogP contribution in [0.2, 0.25) is 0 Å². The van der Waals surface area contributed by atoms with Gasteiger partial charge in [0.1, 0.15) is 5.78 Å². The minimum Gasteiger partial charge on any atom is -0.299 e. The Morgan fingerprint density at radius 1 is 1.58 bits per heavy atom. The molecule has 2 rings (SSSR count). The zero-order valence-electron chi connectivity index (χ0n) is 7.33. The van der Waals surface area contributed by atoms with E-state index in [1.165, 1.54) is 5.56 Å². The van der Waals surface area contributed by atoms with E-state index in [1.54, 1.807) is 11.3 Å². The van der Waals surface area contributed by atoms with E-state index >= 15 is 0 Å². The van der Waals surface area contributed by atoms with Crippen LogP contribution in [0.3, 0.4) is 0 Å². The number of hydrogen-bond donors (Lipinski definition) is 0. The molecule has 1 heterocycles. The first-order valence-electron chi connectivity index (χ1n) is 4.18. The molecule has 64 valence electrons. The molecule has 0 amide bonds. The Balaban J connectivity index is 2.25. The van der Waals surface area contributed by atoms with Gasteiger partial charge >= 0.3 is 0 Å². The Labute approximate surface area is 76.4 Å². The summed E-state index contributed by atoms with van der Waals surface area (Å²) in [4.78, 5) is 11.3. The van der Waals surface area contributed by atoms with E-state index in [4.69, 9.17) is 0 Å². The molecule has 0 radical (unpaired) electrons. The summed E-state index contributed by atoms with van der Waals surface area (Å²) in [5.41, 5.74) is 1.23. The van der Waals surface area contributed by atoms with Crippen molar-refractivity contribution in [3.63, 3.8) is 0 Å². The molecule has 1 fully saturated rings. The van der Waals surface area contributed by atoms with Crippen molar-refractivity contribution in [1.82, 2.24) is 0 Å². The van der Waals surface area contributed by atoms with Crippen LogP contribution in [0.15, 0.2) is 16.8 Å². The number of carbonyl (C=O) groups excluding carboxylic acids is 1. The lowest BCUT2D eigenvalue weighted by atomic mass is 9.59. The fourth-order valence-electron chi connectivity index (χ4n) is 1.77. The van der Waals surface area contributed by atoms with Crippen molar-refractivity contribution in [2.45, 2.75) is 26.2 Å². The van der Waals surface area contributed by atoms with E-state index in [2.05, 4.69) is 16.8 Å². The van der Waals surface area contributed by atoms with Gasteiger partial charge in [-0.15, -0.1) is 0 Å². The molecule has 1 aromatic heterocycles. The van der Waals surface area contributed by atoms with Gasteiger partial charge in [-0.2, -0.15) is 11.3 Å². The molecule has 0 N–H and O–H groups in total. The molecule has 12 heavy (non-hydrogen) atoms. The van der Waals surface area contributed by atoms with E-state index in [-0.39, 0.29) is 5.41 Å². The van der Waals surface area contributed by atoms with Crippen LogP contribution in [-0.2, 0) is 4.79 Å². The quantitative estimate of drug-likeness (QED) is 0.649. The van der Waals surface area contributed by atoms with Crippen LogP contribution in [0.5, 0.6) is 0 Å². The third-order valence-electron chi connectivity index (χ3n) is 2.92. The van der Waals surface area contributed by atoms with Crippen LogP contribution in [0.4, 0.5) is 0 Å². The SMILES string of the molecule is CC1(C)C(=O)CC1c1ccsc1. The fourth-order valence-corrected chi connectivity index (χ4v) is 2.49. The van der Waals surface area contributed by atoms with Crippen molar-refractivity contribution in [3.05, 3.63) is 22.4 Å². The average molecular weight is 180 g/mol. The first-order chi connectivity index (χ1) is 5.62. The standard InChI is InChI=1S/C10H12OS/c1-10(2)8(5-9(10)11)7-3-4-12-6-7/h3-4,6,8H,5H2,1-2H3. The summed E-state index contributed by atoms with van der Waals surface area (Å²) in [6, 6.07) is 2.13. The maximum atomic E-state index is 11.3. The van der Waals surface area contributed by atoms with Crippen molar-refractivity contribution in [3.8, 4) is 0 Å². The number of rotatable bonds is 1. The predicted molar refractivity (Wildman–Crippen MR) is 50.5 cm³/mol. The van der Waals surface area contributed by atoms with Crippen molar-refractivity contribution in [2.24, 2.45) is 5.41 Å². The second kappa shape index (κ2) is 2.43. The van der Waals surface area contributed by atoms with Gasteiger partial charge in [0.2, 0.25) is 0 Å². The molecule has 0 spiro atoms. The minimum absolute atomic E-state index is 0.110. The van der Waals surface area contributed by atoms with Crippen LogP contribution in [0.25, 0.3) is 0 Å². The van der Waals surface area contributed by atoms with Crippen LogP contribution in [0, 0.1) is 5.41 Å². The molecule has 1 aliphatic rings. The van der Waals surface area contributed by atoms with Crippen LogP contribution in [-0.4, -0.2) is 5.78 Å². The summed E-state index contributed by atoms with van der Waals surface area (Å²) < 4.78 is 0. The summed E-state index contributed by atoms with van der Waals surface area (Å²) in [6.07, 6.45) is 0.740. The highest BCUT2D eigenvalue weighted by Crippen LogP contribution is 2.49. The van der Waals surface area contributed by atoms with Gasteiger partial charge in [0.25, 0.3) is 0 Å². The topological polar surface area (TPSA) is 17.1 Å². The van der Waals surface area contributed by atoms with E-state index in [0.29, 0.717) is 11.7 Å². The highest BCUT2D eigenvalue weighted by molar-refractivity contribution is 7.08. The Morgan fingerprint density at radius 2 is 2.33 bits per heavy atom. The summed E-state index contributed by atoms with van der Waals surface area (Å²) in [7, 11) is 0. The van der Waals surface area contributed by atoms with Gasteiger partial charge in [-0.05, 0) is 22.4 Å². The van der Waals surface area contributed by atoms with Gasteiger partial charge in [0.05, 0.1) is 0 Å². The minimum atomic E-state index is -0.110. The van der Waals surface area contributed by atoms with Gasteiger partial charge in [-0.3, -0.25) is 4.79 Å². The largest absolute Gasteiger partial charge is 0.299 e. The zero-order chi connectivity index (χ0) is 8.77. The molecular weight excluding hydrogens is 168 g/mol. The van der Waals surface area contributed by atoms with Crippen molar-refractivity contribution >= 4 is 17.1 Å². The Hall–Kier alpha value is -0.630. The molecule has 1 nitrogen and oxygen atoms in total. The van der Waals surface area contributed by atoms with Crippen molar-refractivity contribution in [2.75, 3.05) is 0 Å². The molecule has 1 saturated carbocycles. The smallest absolute Gasteiger partial charge is 0.139 e. The maximum Gasteiger partial charge on any atom is 0.139 e. The third-order valence-corrected chi connectivity index (χ3v) is 3.63. The number of ketones is 1. The summed E-state index contributed by atoms with van der Waals surface area (Å²) in [5.74, 6) is 0.870.